The molecule has 7 nitrogen and oxygen atoms in total. The van der Waals surface area contributed by atoms with Gasteiger partial charge in [0.2, 0.25) is 0 Å². The molecule has 0 spiro atoms. The molecule has 0 aliphatic carbocycles. The highest BCUT2D eigenvalue weighted by atomic mass is 16.6. The Hall–Kier alpha value is -2.28. The number of hydrogen-bond acceptors (Lipinski definition) is 6. The van der Waals surface area contributed by atoms with Gasteiger partial charge < -0.3 is 19.1 Å². The Morgan fingerprint density at radius 2 is 1.93 bits per heavy atom. The number of ether oxygens (including phenoxy) is 3. The van der Waals surface area contributed by atoms with Crippen molar-refractivity contribution in [1.82, 2.24) is 9.80 Å². The maximum absolute atomic E-state index is 12.3. The van der Waals surface area contributed by atoms with Crippen LogP contribution in [-0.4, -0.2) is 73.4 Å². The number of piperazine rings is 1. The maximum Gasteiger partial charge on any atom is 0.410 e. The topological polar surface area (TPSA) is 68.3 Å². The molecule has 2 fully saturated rings. The van der Waals surface area contributed by atoms with Crippen molar-refractivity contribution in [1.29, 1.82) is 0 Å². The number of esters is 1. The number of hydrogen-bond donors (Lipinski definition) is 0. The summed E-state index contributed by atoms with van der Waals surface area (Å²) in [5.41, 5.74) is 0.0287. The quantitative estimate of drug-likeness (QED) is 0.718. The number of methoxy groups -OCH3 is 1. The van der Waals surface area contributed by atoms with E-state index < -0.39 is 5.60 Å². The first kappa shape index (κ1) is 21.4. The largest absolute Gasteiger partial charge is 0.493 e. The minimum absolute atomic E-state index is 0.215. The number of piperidine rings is 1. The smallest absolute Gasteiger partial charge is 0.410 e. The van der Waals surface area contributed by atoms with Crippen LogP contribution in [0.15, 0.2) is 24.3 Å². The van der Waals surface area contributed by atoms with Crippen LogP contribution in [-0.2, 0) is 9.47 Å². The zero-order valence-electron chi connectivity index (χ0n) is 17.8. The van der Waals surface area contributed by atoms with Gasteiger partial charge in [-0.2, -0.15) is 0 Å². The predicted molar refractivity (Wildman–Crippen MR) is 109 cm³/mol. The summed E-state index contributed by atoms with van der Waals surface area (Å²) >= 11 is 0. The van der Waals surface area contributed by atoms with Gasteiger partial charge in [-0.05, 0) is 51.8 Å². The summed E-state index contributed by atoms with van der Waals surface area (Å²) in [7, 11) is 1.37. The standard InChI is InChI=1S/C22H32N2O5/c1-22(2,3)29-21(26)24-11-10-23-13-16(8-9-18(23)14-24)15-28-19-7-5-6-17(12-19)20(25)27-4/h5-7,12,16,18H,8-11,13-15H2,1-4H3. The van der Waals surface area contributed by atoms with Gasteiger partial charge in [-0.3, -0.25) is 4.90 Å². The summed E-state index contributed by atoms with van der Waals surface area (Å²) < 4.78 is 16.2. The van der Waals surface area contributed by atoms with Crippen LogP contribution in [0.1, 0.15) is 44.0 Å². The Kier molecular flexibility index (Phi) is 6.67. The summed E-state index contributed by atoms with van der Waals surface area (Å²) in [5.74, 6) is 0.754. The van der Waals surface area contributed by atoms with Crippen molar-refractivity contribution < 1.29 is 23.8 Å². The lowest BCUT2D eigenvalue weighted by Crippen LogP contribution is -2.58. The van der Waals surface area contributed by atoms with Crippen LogP contribution in [0.2, 0.25) is 0 Å². The lowest BCUT2D eigenvalue weighted by Gasteiger charge is -2.46. The van der Waals surface area contributed by atoms with Crippen molar-refractivity contribution in [3.8, 4) is 5.75 Å². The van der Waals surface area contributed by atoms with Gasteiger partial charge in [-0.15, -0.1) is 0 Å². The van der Waals surface area contributed by atoms with Gasteiger partial charge >= 0.3 is 12.1 Å². The molecular formula is C22H32N2O5. The highest BCUT2D eigenvalue weighted by Gasteiger charge is 2.35. The molecule has 2 aliphatic heterocycles. The molecular weight excluding hydrogens is 372 g/mol. The van der Waals surface area contributed by atoms with Gasteiger partial charge in [0.15, 0.2) is 0 Å². The van der Waals surface area contributed by atoms with Crippen molar-refractivity contribution in [2.75, 3.05) is 39.9 Å². The van der Waals surface area contributed by atoms with Crippen LogP contribution in [0.4, 0.5) is 4.79 Å². The first-order chi connectivity index (χ1) is 13.7. The molecule has 1 aromatic carbocycles. The number of carbonyl (C=O) groups is 2. The van der Waals surface area contributed by atoms with Crippen molar-refractivity contribution in [2.45, 2.75) is 45.3 Å². The van der Waals surface area contributed by atoms with E-state index >= 15 is 0 Å². The second-order valence-corrected chi connectivity index (χ2v) is 8.85. The first-order valence-corrected chi connectivity index (χ1v) is 10.3. The molecule has 2 saturated heterocycles. The van der Waals surface area contributed by atoms with E-state index in [1.165, 1.54) is 7.11 Å². The summed E-state index contributed by atoms with van der Waals surface area (Å²) in [6, 6.07) is 7.48. The molecule has 1 amide bonds. The summed E-state index contributed by atoms with van der Waals surface area (Å²) in [5, 5.41) is 0. The summed E-state index contributed by atoms with van der Waals surface area (Å²) in [4.78, 5) is 28.3. The minimum atomic E-state index is -0.464. The minimum Gasteiger partial charge on any atom is -0.493 e. The third-order valence-electron chi connectivity index (χ3n) is 5.40. The molecule has 2 aliphatic rings. The molecule has 160 valence electrons. The average molecular weight is 405 g/mol. The fourth-order valence-corrected chi connectivity index (χ4v) is 3.93. The monoisotopic (exact) mass is 404 g/mol. The Morgan fingerprint density at radius 3 is 2.66 bits per heavy atom. The van der Waals surface area contributed by atoms with Crippen LogP contribution in [0.5, 0.6) is 5.75 Å². The lowest BCUT2D eigenvalue weighted by atomic mass is 9.91. The van der Waals surface area contributed by atoms with E-state index in [9.17, 15) is 9.59 Å². The Labute approximate surface area is 172 Å². The van der Waals surface area contributed by atoms with Crippen LogP contribution < -0.4 is 4.74 Å². The molecule has 0 saturated carbocycles. The van der Waals surface area contributed by atoms with E-state index in [0.717, 1.165) is 32.5 Å². The molecule has 29 heavy (non-hydrogen) atoms. The van der Waals surface area contributed by atoms with Gasteiger partial charge in [0.25, 0.3) is 0 Å². The van der Waals surface area contributed by atoms with Crippen molar-refractivity contribution in [3.05, 3.63) is 29.8 Å². The Morgan fingerprint density at radius 1 is 1.14 bits per heavy atom. The van der Waals surface area contributed by atoms with Crippen LogP contribution in [0, 0.1) is 5.92 Å². The number of rotatable bonds is 4. The van der Waals surface area contributed by atoms with Gasteiger partial charge in [0, 0.05) is 38.1 Å². The molecule has 0 aromatic heterocycles. The Bertz CT molecular complexity index is 730. The number of carbonyl (C=O) groups excluding carboxylic acids is 2. The lowest BCUT2D eigenvalue weighted by molar-refractivity contribution is -0.0122. The normalized spacial score (nSPS) is 22.6. The van der Waals surface area contributed by atoms with Gasteiger partial charge in [-0.1, -0.05) is 6.07 Å². The molecule has 7 heteroatoms. The highest BCUT2D eigenvalue weighted by molar-refractivity contribution is 5.89. The molecule has 2 atom stereocenters. The van der Waals surface area contributed by atoms with E-state index in [4.69, 9.17) is 14.2 Å². The van der Waals surface area contributed by atoms with Gasteiger partial charge in [0.05, 0.1) is 19.3 Å². The number of nitrogens with zero attached hydrogens (tertiary/aromatic N) is 2. The van der Waals surface area contributed by atoms with Crippen LogP contribution in [0.3, 0.4) is 0 Å². The molecule has 0 radical (unpaired) electrons. The third-order valence-corrected chi connectivity index (χ3v) is 5.40. The highest BCUT2D eigenvalue weighted by Crippen LogP contribution is 2.27. The zero-order valence-corrected chi connectivity index (χ0v) is 17.8. The Balaban J connectivity index is 1.48. The molecule has 1 aromatic rings. The number of amides is 1. The SMILES string of the molecule is COC(=O)c1cccc(OCC2CCC3CN(C(=O)OC(C)(C)C)CCN3C2)c1. The van der Waals surface area contributed by atoms with Crippen molar-refractivity contribution >= 4 is 12.1 Å². The summed E-state index contributed by atoms with van der Waals surface area (Å²) in [6.45, 7) is 9.54. The second-order valence-electron chi connectivity index (χ2n) is 8.85. The molecule has 0 N–H and O–H groups in total. The van der Waals surface area contributed by atoms with Crippen molar-refractivity contribution in [3.63, 3.8) is 0 Å². The molecule has 0 bridgehead atoms. The third kappa shape index (κ3) is 5.85. The van der Waals surface area contributed by atoms with Gasteiger partial charge in [0.1, 0.15) is 11.4 Å². The molecule has 3 rings (SSSR count). The molecule has 2 unspecified atom stereocenters. The maximum atomic E-state index is 12.3. The molecule has 2 heterocycles. The fourth-order valence-electron chi connectivity index (χ4n) is 3.93. The van der Waals surface area contributed by atoms with Crippen LogP contribution in [0.25, 0.3) is 0 Å². The zero-order chi connectivity index (χ0) is 21.0. The first-order valence-electron chi connectivity index (χ1n) is 10.3. The average Bonchev–Trinajstić information content (AvgIpc) is 2.70. The van der Waals surface area contributed by atoms with E-state index in [1.54, 1.807) is 18.2 Å². The number of fused-ring (bicyclic) bond motifs is 1. The number of benzene rings is 1. The van der Waals surface area contributed by atoms with E-state index in [-0.39, 0.29) is 12.1 Å². The van der Waals surface area contributed by atoms with Gasteiger partial charge in [-0.25, -0.2) is 9.59 Å². The predicted octanol–water partition coefficient (Wildman–Crippen LogP) is 3.18. The second kappa shape index (κ2) is 9.03. The fraction of sp³-hybridized carbons (Fsp3) is 0.636. The summed E-state index contributed by atoms with van der Waals surface area (Å²) in [6.07, 6.45) is 1.88. The van der Waals surface area contributed by atoms with E-state index in [1.807, 2.05) is 31.7 Å². The van der Waals surface area contributed by atoms with Crippen LogP contribution >= 0.6 is 0 Å². The van der Waals surface area contributed by atoms with Crippen molar-refractivity contribution in [2.24, 2.45) is 5.92 Å². The van der Waals surface area contributed by atoms with E-state index in [0.29, 0.717) is 36.4 Å². The van der Waals surface area contributed by atoms with E-state index in [2.05, 4.69) is 4.90 Å².